The van der Waals surface area contributed by atoms with Gasteiger partial charge in [0.05, 0.1) is 11.5 Å². The maximum absolute atomic E-state index is 10.4. The molecule has 0 fully saturated rings. The number of aromatic nitrogens is 3. The zero-order valence-electron chi connectivity index (χ0n) is 9.34. The summed E-state index contributed by atoms with van der Waals surface area (Å²) in [6.45, 7) is 0. The fraction of sp³-hybridized carbons (Fsp3) is 0.200. The van der Waals surface area contributed by atoms with E-state index in [0.717, 1.165) is 8.95 Å². The Kier molecular flexibility index (Phi) is 4.94. The second kappa shape index (κ2) is 6.49. The maximum Gasteiger partial charge on any atom is 0.313 e. The SMILES string of the molecule is O=C(O)CSCc1nc(-c2ncc(Br)cc2Br)no1. The predicted octanol–water partition coefficient (Wildman–Crippen LogP) is 2.97. The molecular weight excluding hydrogens is 402 g/mol. The minimum Gasteiger partial charge on any atom is -0.481 e. The number of carboxylic acids is 1. The molecule has 0 bridgehead atoms. The summed E-state index contributed by atoms with van der Waals surface area (Å²) in [6.07, 6.45) is 1.63. The molecule has 1 N–H and O–H groups in total. The van der Waals surface area contributed by atoms with Gasteiger partial charge in [0.1, 0.15) is 5.69 Å². The Balaban J connectivity index is 2.10. The lowest BCUT2D eigenvalue weighted by Crippen LogP contribution is -1.98. The van der Waals surface area contributed by atoms with Gasteiger partial charge in [-0.1, -0.05) is 5.16 Å². The predicted molar refractivity (Wildman–Crippen MR) is 76.7 cm³/mol. The minimum atomic E-state index is -0.873. The lowest BCUT2D eigenvalue weighted by atomic mass is 10.3. The van der Waals surface area contributed by atoms with E-state index in [1.54, 1.807) is 6.20 Å². The van der Waals surface area contributed by atoms with Gasteiger partial charge in [-0.25, -0.2) is 0 Å². The van der Waals surface area contributed by atoms with Crippen molar-refractivity contribution in [1.82, 2.24) is 15.1 Å². The number of nitrogens with zero attached hydrogens (tertiary/aromatic N) is 3. The molecule has 2 heterocycles. The Morgan fingerprint density at radius 1 is 1.47 bits per heavy atom. The molecular formula is C10H7Br2N3O3S. The van der Waals surface area contributed by atoms with Crippen molar-refractivity contribution in [3.8, 4) is 11.5 Å². The van der Waals surface area contributed by atoms with Crippen molar-refractivity contribution >= 4 is 49.6 Å². The van der Waals surface area contributed by atoms with Crippen molar-refractivity contribution in [1.29, 1.82) is 0 Å². The number of carbonyl (C=O) groups is 1. The topological polar surface area (TPSA) is 89.1 Å². The lowest BCUT2D eigenvalue weighted by Gasteiger charge is -1.97. The van der Waals surface area contributed by atoms with Gasteiger partial charge in [0.2, 0.25) is 11.7 Å². The van der Waals surface area contributed by atoms with Gasteiger partial charge < -0.3 is 9.63 Å². The molecule has 0 aliphatic rings. The number of hydrogen-bond acceptors (Lipinski definition) is 6. The first-order valence-electron chi connectivity index (χ1n) is 5.00. The molecule has 2 aromatic rings. The molecule has 6 nitrogen and oxygen atoms in total. The summed E-state index contributed by atoms with van der Waals surface area (Å²) in [5.41, 5.74) is 0.571. The average Bonchev–Trinajstić information content (AvgIpc) is 2.77. The first kappa shape index (κ1) is 14.5. The Bertz CT molecular complexity index is 605. The fourth-order valence-corrected chi connectivity index (χ4v) is 2.95. The molecule has 9 heteroatoms. The van der Waals surface area contributed by atoms with E-state index in [4.69, 9.17) is 9.63 Å². The van der Waals surface area contributed by atoms with Crippen LogP contribution in [-0.2, 0) is 10.5 Å². The van der Waals surface area contributed by atoms with Crippen molar-refractivity contribution in [3.05, 3.63) is 27.1 Å². The molecule has 2 aromatic heterocycles. The first-order chi connectivity index (χ1) is 9.06. The van der Waals surface area contributed by atoms with Crippen LogP contribution in [0.25, 0.3) is 11.5 Å². The van der Waals surface area contributed by atoms with Crippen molar-refractivity contribution in [3.63, 3.8) is 0 Å². The van der Waals surface area contributed by atoms with E-state index in [9.17, 15) is 4.79 Å². The van der Waals surface area contributed by atoms with Crippen LogP contribution in [0.2, 0.25) is 0 Å². The second-order valence-corrected chi connectivity index (χ2v) is 6.14. The summed E-state index contributed by atoms with van der Waals surface area (Å²) >= 11 is 7.87. The Labute approximate surface area is 129 Å². The minimum absolute atomic E-state index is 0.00204. The molecule has 0 aromatic carbocycles. The van der Waals surface area contributed by atoms with Crippen molar-refractivity contribution < 1.29 is 14.4 Å². The molecule has 0 radical (unpaired) electrons. The van der Waals surface area contributed by atoms with Crippen LogP contribution in [0.5, 0.6) is 0 Å². The van der Waals surface area contributed by atoms with Crippen LogP contribution in [0.1, 0.15) is 5.89 Å². The molecule has 0 aliphatic heterocycles. The van der Waals surface area contributed by atoms with Crippen LogP contribution in [-0.4, -0.2) is 32.0 Å². The quantitative estimate of drug-likeness (QED) is 0.813. The van der Waals surface area contributed by atoms with Crippen molar-refractivity contribution in [2.75, 3.05) is 5.75 Å². The molecule has 0 amide bonds. The van der Waals surface area contributed by atoms with Crippen LogP contribution < -0.4 is 0 Å². The number of aliphatic carboxylic acids is 1. The zero-order valence-corrected chi connectivity index (χ0v) is 13.3. The normalized spacial score (nSPS) is 10.6. The van der Waals surface area contributed by atoms with E-state index in [0.29, 0.717) is 23.2 Å². The molecule has 0 saturated heterocycles. The van der Waals surface area contributed by atoms with Crippen LogP contribution in [0.15, 0.2) is 25.7 Å². The summed E-state index contributed by atoms with van der Waals surface area (Å²) in [5, 5.41) is 12.3. The third-order valence-corrected chi connectivity index (χ3v) is 3.88. The third-order valence-electron chi connectivity index (χ3n) is 1.94. The van der Waals surface area contributed by atoms with Gasteiger partial charge in [0, 0.05) is 15.1 Å². The van der Waals surface area contributed by atoms with Crippen LogP contribution in [0, 0.1) is 0 Å². The first-order valence-corrected chi connectivity index (χ1v) is 7.74. The number of carboxylic acid groups (broad SMARTS) is 1. The van der Waals surface area contributed by atoms with Gasteiger partial charge in [-0.3, -0.25) is 9.78 Å². The van der Waals surface area contributed by atoms with E-state index < -0.39 is 5.97 Å². The summed E-state index contributed by atoms with van der Waals surface area (Å²) in [6, 6.07) is 1.83. The Morgan fingerprint density at radius 3 is 2.95 bits per heavy atom. The molecule has 19 heavy (non-hydrogen) atoms. The van der Waals surface area contributed by atoms with Crippen LogP contribution in [0.3, 0.4) is 0 Å². The summed E-state index contributed by atoms with van der Waals surface area (Å²) in [7, 11) is 0. The van der Waals surface area contributed by atoms with Gasteiger partial charge in [-0.15, -0.1) is 11.8 Å². The standard InChI is InChI=1S/C10H7Br2N3O3S/c11-5-1-6(12)9(13-2-5)10-14-7(18-15-10)3-19-4-8(16)17/h1-2H,3-4H2,(H,16,17). The van der Waals surface area contributed by atoms with Gasteiger partial charge >= 0.3 is 5.97 Å². The van der Waals surface area contributed by atoms with Gasteiger partial charge in [0.15, 0.2) is 0 Å². The van der Waals surface area contributed by atoms with E-state index in [1.165, 1.54) is 11.8 Å². The summed E-state index contributed by atoms with van der Waals surface area (Å²) in [5.74, 6) is 0.219. The number of hydrogen-bond donors (Lipinski definition) is 1. The number of pyridine rings is 1. The van der Waals surface area contributed by atoms with Crippen LogP contribution >= 0.6 is 43.6 Å². The highest BCUT2D eigenvalue weighted by Gasteiger charge is 2.13. The van der Waals surface area contributed by atoms with E-state index >= 15 is 0 Å². The molecule has 0 saturated carbocycles. The maximum atomic E-state index is 10.4. The monoisotopic (exact) mass is 407 g/mol. The molecule has 0 unspecified atom stereocenters. The van der Waals surface area contributed by atoms with Gasteiger partial charge in [-0.2, -0.15) is 4.98 Å². The Morgan fingerprint density at radius 2 is 2.26 bits per heavy atom. The average molecular weight is 409 g/mol. The van der Waals surface area contributed by atoms with E-state index in [2.05, 4.69) is 47.0 Å². The molecule has 0 spiro atoms. The number of halogens is 2. The molecule has 100 valence electrons. The molecule has 0 aliphatic carbocycles. The van der Waals surface area contributed by atoms with Gasteiger partial charge in [-0.05, 0) is 37.9 Å². The smallest absolute Gasteiger partial charge is 0.313 e. The molecule has 2 rings (SSSR count). The fourth-order valence-electron chi connectivity index (χ4n) is 1.21. The summed E-state index contributed by atoms with van der Waals surface area (Å²) in [4.78, 5) is 18.7. The largest absolute Gasteiger partial charge is 0.481 e. The highest BCUT2D eigenvalue weighted by molar-refractivity contribution is 9.11. The van der Waals surface area contributed by atoms with Crippen LogP contribution in [0.4, 0.5) is 0 Å². The van der Waals surface area contributed by atoms with Crippen molar-refractivity contribution in [2.24, 2.45) is 0 Å². The zero-order chi connectivity index (χ0) is 13.8. The Hall–Kier alpha value is -0.930. The molecule has 0 atom stereocenters. The van der Waals surface area contributed by atoms with Crippen molar-refractivity contribution in [2.45, 2.75) is 5.75 Å². The second-order valence-electron chi connectivity index (χ2n) is 3.38. The van der Waals surface area contributed by atoms with E-state index in [1.807, 2.05) is 6.07 Å². The van der Waals surface area contributed by atoms with E-state index in [-0.39, 0.29) is 5.75 Å². The lowest BCUT2D eigenvalue weighted by molar-refractivity contribution is -0.133. The number of rotatable bonds is 5. The third kappa shape index (κ3) is 4.02. The highest BCUT2D eigenvalue weighted by atomic mass is 79.9. The van der Waals surface area contributed by atoms with Gasteiger partial charge in [0.25, 0.3) is 0 Å². The highest BCUT2D eigenvalue weighted by Crippen LogP contribution is 2.26. The summed E-state index contributed by atoms with van der Waals surface area (Å²) < 4.78 is 6.62. The number of thioether (sulfide) groups is 1.